The number of aromatic nitrogens is 3. The second kappa shape index (κ2) is 17.9. The third-order valence-electron chi connectivity index (χ3n) is 13.0. The SMILES string of the molecule is CCn1c2ccccc2c2cc(C)ccc21.CCn1c2ccccc2c2cc(N(C3=Cc4c(n(-c5ccccc5)c5ccc(C)cc45)CC3)c3ccccc3)ccc21.Cc1ccccc1. The molecule has 0 amide bonds. The summed E-state index contributed by atoms with van der Waals surface area (Å²) in [6.07, 6.45) is 4.38. The van der Waals surface area contributed by atoms with Gasteiger partial charge in [-0.05, 0) is 132 Å². The Morgan fingerprint density at radius 2 is 0.892 bits per heavy atom. The van der Waals surface area contributed by atoms with Crippen molar-refractivity contribution >= 4 is 72.0 Å². The van der Waals surface area contributed by atoms with Gasteiger partial charge in [-0.1, -0.05) is 132 Å². The van der Waals surface area contributed by atoms with Gasteiger partial charge in [0.05, 0.1) is 5.52 Å². The Balaban J connectivity index is 0.000000176. The van der Waals surface area contributed by atoms with Crippen LogP contribution in [-0.2, 0) is 19.5 Å². The van der Waals surface area contributed by atoms with E-state index in [9.17, 15) is 0 Å². The molecule has 0 saturated heterocycles. The third-order valence-corrected chi connectivity index (χ3v) is 13.0. The molecule has 4 heteroatoms. The van der Waals surface area contributed by atoms with Gasteiger partial charge in [-0.3, -0.25) is 0 Å². The van der Waals surface area contributed by atoms with Crippen LogP contribution in [0, 0.1) is 20.8 Å². The Labute approximate surface area is 382 Å². The highest BCUT2D eigenvalue weighted by Gasteiger charge is 2.25. The molecule has 3 heterocycles. The van der Waals surface area contributed by atoms with Gasteiger partial charge in [-0.25, -0.2) is 0 Å². The topological polar surface area (TPSA) is 18.0 Å². The van der Waals surface area contributed by atoms with Crippen LogP contribution in [-0.4, -0.2) is 13.7 Å². The number of para-hydroxylation sites is 4. The molecular formula is C61H56N4. The number of hydrogen-bond acceptors (Lipinski definition) is 1. The summed E-state index contributed by atoms with van der Waals surface area (Å²) in [5.41, 5.74) is 18.1. The fourth-order valence-electron chi connectivity index (χ4n) is 10.0. The molecule has 0 fully saturated rings. The summed E-state index contributed by atoms with van der Waals surface area (Å²) >= 11 is 0. The molecule has 12 rings (SSSR count). The molecule has 11 aromatic rings. The summed E-state index contributed by atoms with van der Waals surface area (Å²) in [7, 11) is 0. The van der Waals surface area contributed by atoms with Gasteiger partial charge in [0.25, 0.3) is 0 Å². The molecule has 4 nitrogen and oxygen atoms in total. The molecule has 0 spiro atoms. The molecule has 1 aliphatic carbocycles. The van der Waals surface area contributed by atoms with Crippen molar-refractivity contribution in [1.82, 2.24) is 13.7 Å². The first-order valence-corrected chi connectivity index (χ1v) is 23.2. The van der Waals surface area contributed by atoms with Crippen LogP contribution < -0.4 is 4.90 Å². The van der Waals surface area contributed by atoms with Crippen LogP contribution in [0.5, 0.6) is 0 Å². The molecule has 65 heavy (non-hydrogen) atoms. The lowest BCUT2D eigenvalue weighted by atomic mass is 9.97. The minimum absolute atomic E-state index is 0.949. The number of nitrogens with zero attached hydrogens (tertiary/aromatic N) is 4. The molecule has 0 atom stereocenters. The Bertz CT molecular complexity index is 3480. The van der Waals surface area contributed by atoms with E-state index in [1.807, 2.05) is 18.2 Å². The van der Waals surface area contributed by atoms with E-state index in [1.54, 1.807) is 0 Å². The molecule has 0 unspecified atom stereocenters. The van der Waals surface area contributed by atoms with E-state index >= 15 is 0 Å². The van der Waals surface area contributed by atoms with Crippen molar-refractivity contribution in [2.75, 3.05) is 4.90 Å². The molecule has 0 bridgehead atoms. The van der Waals surface area contributed by atoms with E-state index in [0.29, 0.717) is 0 Å². The maximum atomic E-state index is 2.47. The predicted octanol–water partition coefficient (Wildman–Crippen LogP) is 16.3. The zero-order chi connectivity index (χ0) is 44.4. The van der Waals surface area contributed by atoms with Crippen LogP contribution in [0.3, 0.4) is 0 Å². The van der Waals surface area contributed by atoms with E-state index in [2.05, 4.69) is 235 Å². The highest BCUT2D eigenvalue weighted by atomic mass is 15.2. The minimum atomic E-state index is 0.949. The van der Waals surface area contributed by atoms with Crippen LogP contribution >= 0.6 is 0 Å². The van der Waals surface area contributed by atoms with Gasteiger partial charge in [0.15, 0.2) is 0 Å². The Morgan fingerprint density at radius 3 is 1.48 bits per heavy atom. The third kappa shape index (κ3) is 7.80. The summed E-state index contributed by atoms with van der Waals surface area (Å²) < 4.78 is 7.27. The Morgan fingerprint density at radius 1 is 0.400 bits per heavy atom. The first-order chi connectivity index (χ1) is 31.9. The summed E-state index contributed by atoms with van der Waals surface area (Å²) in [5, 5.41) is 6.67. The molecule has 3 aromatic heterocycles. The molecular weight excluding hydrogens is 789 g/mol. The largest absolute Gasteiger partial charge is 0.341 e. The second-order valence-corrected chi connectivity index (χ2v) is 17.3. The Kier molecular flexibility index (Phi) is 11.4. The minimum Gasteiger partial charge on any atom is -0.341 e. The zero-order valence-electron chi connectivity index (χ0n) is 38.2. The highest BCUT2D eigenvalue weighted by Crippen LogP contribution is 2.42. The molecule has 0 radical (unpaired) electrons. The fraction of sp³-hybridized carbons (Fsp3) is 0.148. The molecule has 0 N–H and O–H groups in total. The smallest absolute Gasteiger partial charge is 0.0537 e. The quantitative estimate of drug-likeness (QED) is 0.163. The van der Waals surface area contributed by atoms with Gasteiger partial charge in [-0.15, -0.1) is 0 Å². The lowest BCUT2D eigenvalue weighted by Crippen LogP contribution is -2.19. The van der Waals surface area contributed by atoms with E-state index < -0.39 is 0 Å². The van der Waals surface area contributed by atoms with Crippen molar-refractivity contribution in [3.05, 3.63) is 228 Å². The normalized spacial score (nSPS) is 12.2. The lowest BCUT2D eigenvalue weighted by molar-refractivity contribution is 0.827. The highest BCUT2D eigenvalue weighted by molar-refractivity contribution is 6.10. The molecule has 320 valence electrons. The first-order valence-electron chi connectivity index (χ1n) is 23.2. The van der Waals surface area contributed by atoms with Crippen molar-refractivity contribution in [1.29, 1.82) is 0 Å². The van der Waals surface area contributed by atoms with Crippen molar-refractivity contribution in [2.24, 2.45) is 0 Å². The molecule has 0 aliphatic heterocycles. The molecule has 1 aliphatic rings. The maximum Gasteiger partial charge on any atom is 0.0537 e. The summed E-state index contributed by atoms with van der Waals surface area (Å²) in [6, 6.07) is 69.9. The second-order valence-electron chi connectivity index (χ2n) is 17.3. The molecule has 8 aromatic carbocycles. The van der Waals surface area contributed by atoms with Gasteiger partial charge in [-0.2, -0.15) is 0 Å². The number of benzene rings is 8. The van der Waals surface area contributed by atoms with Crippen molar-refractivity contribution in [2.45, 2.75) is 60.5 Å². The van der Waals surface area contributed by atoms with Gasteiger partial charge < -0.3 is 18.6 Å². The molecule has 0 saturated carbocycles. The first kappa shape index (κ1) is 41.5. The summed E-state index contributed by atoms with van der Waals surface area (Å²) in [6.45, 7) is 12.8. The van der Waals surface area contributed by atoms with E-state index in [-0.39, 0.29) is 0 Å². The number of allylic oxidation sites excluding steroid dienone is 1. The number of aryl methyl sites for hydroxylation is 5. The summed E-state index contributed by atoms with van der Waals surface area (Å²) in [4.78, 5) is 2.47. The van der Waals surface area contributed by atoms with Gasteiger partial charge in [0.2, 0.25) is 0 Å². The van der Waals surface area contributed by atoms with Gasteiger partial charge in [0.1, 0.15) is 0 Å². The van der Waals surface area contributed by atoms with E-state index in [0.717, 1.165) is 25.9 Å². The van der Waals surface area contributed by atoms with Crippen LogP contribution in [0.4, 0.5) is 11.4 Å². The van der Waals surface area contributed by atoms with Gasteiger partial charge >= 0.3 is 0 Å². The fourth-order valence-corrected chi connectivity index (χ4v) is 10.0. The van der Waals surface area contributed by atoms with Crippen LogP contribution in [0.15, 0.2) is 200 Å². The number of hydrogen-bond donors (Lipinski definition) is 0. The standard InChI is InChI=1S/C39H33N3.C15H15N.C7H8/c1-3-40-36-17-11-10-16-32(36)34-25-30(19-22-37(34)40)41(28-12-6-4-7-13-28)31-20-23-39-35(26-31)33-24-27(2)18-21-38(33)42(39)29-14-8-5-9-15-29;1-3-16-14-7-5-4-6-12(14)13-10-11(2)8-9-15(13)16;1-7-5-3-2-4-6-7/h4-19,21-22,24-26H,3,20,23H2,1-2H3;4-10H,3H2,1-2H3;2-6H,1H3. The number of anilines is 2. The van der Waals surface area contributed by atoms with Crippen molar-refractivity contribution < 1.29 is 0 Å². The zero-order valence-corrected chi connectivity index (χ0v) is 38.2. The number of fused-ring (bicyclic) bond motifs is 9. The Hall–Kier alpha value is -7.56. The maximum absolute atomic E-state index is 2.47. The average Bonchev–Trinajstić information content (AvgIpc) is 3.97. The van der Waals surface area contributed by atoms with E-state index in [1.165, 1.54) is 105 Å². The van der Waals surface area contributed by atoms with Crippen LogP contribution in [0.2, 0.25) is 0 Å². The predicted molar refractivity (Wildman–Crippen MR) is 279 cm³/mol. The van der Waals surface area contributed by atoms with E-state index in [4.69, 9.17) is 0 Å². The van der Waals surface area contributed by atoms with Crippen molar-refractivity contribution in [3.8, 4) is 5.69 Å². The summed E-state index contributed by atoms with van der Waals surface area (Å²) in [5.74, 6) is 0. The number of rotatable bonds is 6. The van der Waals surface area contributed by atoms with Gasteiger partial charge in [0, 0.05) is 96.1 Å². The average molecular weight is 845 g/mol. The van der Waals surface area contributed by atoms with Crippen molar-refractivity contribution in [3.63, 3.8) is 0 Å². The van der Waals surface area contributed by atoms with Crippen LogP contribution in [0.25, 0.3) is 66.3 Å². The van der Waals surface area contributed by atoms with Crippen LogP contribution in [0.1, 0.15) is 48.2 Å². The lowest BCUT2D eigenvalue weighted by Gasteiger charge is -2.30. The monoisotopic (exact) mass is 844 g/mol.